The van der Waals surface area contributed by atoms with Crippen LogP contribution in [0.5, 0.6) is 5.75 Å². The van der Waals surface area contributed by atoms with E-state index in [0.717, 1.165) is 24.5 Å². The van der Waals surface area contributed by atoms with Gasteiger partial charge in [-0.15, -0.1) is 0 Å². The Morgan fingerprint density at radius 3 is 2.68 bits per heavy atom. The normalized spacial score (nSPS) is 15.9. The van der Waals surface area contributed by atoms with Crippen molar-refractivity contribution in [2.45, 2.75) is 19.8 Å². The molecule has 106 valence electrons. The van der Waals surface area contributed by atoms with Crippen LogP contribution < -0.4 is 4.74 Å². The van der Waals surface area contributed by atoms with Gasteiger partial charge in [0.2, 0.25) is 0 Å². The predicted octanol–water partition coefficient (Wildman–Crippen LogP) is 3.14. The number of para-hydroxylation sites is 1. The van der Waals surface area contributed by atoms with E-state index in [1.54, 1.807) is 0 Å². The fourth-order valence-electron chi connectivity index (χ4n) is 2.30. The van der Waals surface area contributed by atoms with Crippen molar-refractivity contribution in [3.63, 3.8) is 0 Å². The molecule has 1 aliphatic heterocycles. The van der Waals surface area contributed by atoms with Gasteiger partial charge >= 0.3 is 0 Å². The van der Waals surface area contributed by atoms with E-state index < -0.39 is 0 Å². The van der Waals surface area contributed by atoms with Crippen LogP contribution in [0.2, 0.25) is 5.02 Å². The summed E-state index contributed by atoms with van der Waals surface area (Å²) < 4.78 is 11.3. The van der Waals surface area contributed by atoms with E-state index in [0.29, 0.717) is 18.2 Å². The lowest BCUT2D eigenvalue weighted by atomic mass is 10.2. The van der Waals surface area contributed by atoms with Crippen molar-refractivity contribution in [2.24, 2.45) is 0 Å². The third kappa shape index (κ3) is 4.68. The number of nitrogens with zero attached hydrogens (tertiary/aromatic N) is 1. The van der Waals surface area contributed by atoms with Crippen molar-refractivity contribution in [3.05, 3.63) is 28.8 Å². The summed E-state index contributed by atoms with van der Waals surface area (Å²) >= 11 is 6.08. The van der Waals surface area contributed by atoms with Crippen LogP contribution in [-0.4, -0.2) is 44.4 Å². The van der Waals surface area contributed by atoms with Crippen molar-refractivity contribution in [3.8, 4) is 5.75 Å². The highest BCUT2D eigenvalue weighted by Crippen LogP contribution is 2.27. The topological polar surface area (TPSA) is 21.7 Å². The molecule has 3 nitrogen and oxygen atoms in total. The molecule has 0 N–H and O–H groups in total. The number of benzene rings is 1. The fraction of sp³-hybridized carbons (Fsp3) is 0.600. The van der Waals surface area contributed by atoms with E-state index in [2.05, 4.69) is 4.90 Å². The van der Waals surface area contributed by atoms with Crippen LogP contribution in [0.25, 0.3) is 0 Å². The Kier molecular flexibility index (Phi) is 5.95. The van der Waals surface area contributed by atoms with Crippen molar-refractivity contribution in [1.82, 2.24) is 4.90 Å². The van der Waals surface area contributed by atoms with Gasteiger partial charge < -0.3 is 14.4 Å². The van der Waals surface area contributed by atoms with Gasteiger partial charge in [0.25, 0.3) is 0 Å². The summed E-state index contributed by atoms with van der Waals surface area (Å²) in [5, 5.41) is 0.664. The first kappa shape index (κ1) is 14.6. The van der Waals surface area contributed by atoms with Crippen molar-refractivity contribution in [2.75, 3.05) is 39.5 Å². The molecular weight excluding hydrogens is 262 g/mol. The molecule has 0 bridgehead atoms. The molecule has 2 rings (SSSR count). The van der Waals surface area contributed by atoms with E-state index in [9.17, 15) is 0 Å². The van der Waals surface area contributed by atoms with Crippen molar-refractivity contribution < 1.29 is 9.47 Å². The molecule has 0 atom stereocenters. The molecule has 0 aromatic heterocycles. The van der Waals surface area contributed by atoms with E-state index >= 15 is 0 Å². The van der Waals surface area contributed by atoms with E-state index in [1.165, 1.54) is 25.9 Å². The molecule has 1 aliphatic rings. The lowest BCUT2D eigenvalue weighted by molar-refractivity contribution is 0.0844. The Bertz CT molecular complexity index is 371. The molecule has 1 saturated heterocycles. The van der Waals surface area contributed by atoms with Crippen LogP contribution in [-0.2, 0) is 4.74 Å². The zero-order chi connectivity index (χ0) is 13.5. The molecular formula is C15H22ClNO2. The van der Waals surface area contributed by atoms with Crippen LogP contribution in [0.4, 0.5) is 0 Å². The van der Waals surface area contributed by atoms with Crippen LogP contribution in [0.15, 0.2) is 18.2 Å². The molecule has 1 fully saturated rings. The monoisotopic (exact) mass is 283 g/mol. The summed E-state index contributed by atoms with van der Waals surface area (Å²) in [6, 6.07) is 5.77. The van der Waals surface area contributed by atoms with Crippen molar-refractivity contribution in [1.29, 1.82) is 0 Å². The quantitative estimate of drug-likeness (QED) is 0.718. The zero-order valence-corrected chi connectivity index (χ0v) is 12.3. The Morgan fingerprint density at radius 1 is 1.16 bits per heavy atom. The fourth-order valence-corrected chi connectivity index (χ4v) is 2.58. The van der Waals surface area contributed by atoms with Gasteiger partial charge in [0.05, 0.1) is 18.2 Å². The predicted molar refractivity (Wildman–Crippen MR) is 78.2 cm³/mol. The molecule has 1 aromatic carbocycles. The van der Waals surface area contributed by atoms with E-state index in [4.69, 9.17) is 21.1 Å². The summed E-state index contributed by atoms with van der Waals surface area (Å²) in [7, 11) is 0. The number of hydrogen-bond donors (Lipinski definition) is 0. The average Bonchev–Trinajstić information content (AvgIpc) is 2.89. The molecule has 0 spiro atoms. The smallest absolute Gasteiger partial charge is 0.140 e. The highest BCUT2D eigenvalue weighted by atomic mass is 35.5. The summed E-state index contributed by atoms with van der Waals surface area (Å²) in [4.78, 5) is 2.44. The highest BCUT2D eigenvalue weighted by Gasteiger charge is 2.10. The van der Waals surface area contributed by atoms with Crippen LogP contribution in [0, 0.1) is 6.92 Å². The molecule has 0 saturated carbocycles. The number of likely N-dealkylation sites (tertiary alicyclic amines) is 1. The second-order valence-electron chi connectivity index (χ2n) is 4.90. The molecule has 19 heavy (non-hydrogen) atoms. The zero-order valence-electron chi connectivity index (χ0n) is 11.5. The SMILES string of the molecule is Cc1cccc(Cl)c1OCCOCCN1CCCC1. The number of halogens is 1. The summed E-state index contributed by atoms with van der Waals surface area (Å²) in [5.41, 5.74) is 1.06. The second-order valence-corrected chi connectivity index (χ2v) is 5.30. The third-order valence-electron chi connectivity index (χ3n) is 3.39. The van der Waals surface area contributed by atoms with Gasteiger partial charge in [-0.2, -0.15) is 0 Å². The Labute approximate surface area is 120 Å². The second kappa shape index (κ2) is 7.73. The molecule has 0 aliphatic carbocycles. The molecule has 0 amide bonds. The number of ether oxygens (including phenoxy) is 2. The molecule has 4 heteroatoms. The maximum atomic E-state index is 6.08. The first-order valence-corrected chi connectivity index (χ1v) is 7.33. The van der Waals surface area contributed by atoms with Gasteiger partial charge in [0.1, 0.15) is 12.4 Å². The first-order valence-electron chi connectivity index (χ1n) is 6.95. The Hall–Kier alpha value is -0.770. The Morgan fingerprint density at radius 2 is 1.95 bits per heavy atom. The maximum absolute atomic E-state index is 6.08. The lowest BCUT2D eigenvalue weighted by Crippen LogP contribution is -2.24. The maximum Gasteiger partial charge on any atom is 0.140 e. The van der Waals surface area contributed by atoms with E-state index in [1.807, 2.05) is 25.1 Å². The molecule has 0 unspecified atom stereocenters. The van der Waals surface area contributed by atoms with Gasteiger partial charge in [-0.05, 0) is 44.5 Å². The van der Waals surface area contributed by atoms with Gasteiger partial charge in [-0.3, -0.25) is 0 Å². The standard InChI is InChI=1S/C15H22ClNO2/c1-13-5-4-6-14(16)15(13)19-12-11-18-10-9-17-7-2-3-8-17/h4-6H,2-3,7-12H2,1H3. The number of rotatable bonds is 7. The largest absolute Gasteiger partial charge is 0.489 e. The van der Waals surface area contributed by atoms with Gasteiger partial charge in [0, 0.05) is 6.54 Å². The van der Waals surface area contributed by atoms with E-state index in [-0.39, 0.29) is 0 Å². The van der Waals surface area contributed by atoms with Gasteiger partial charge in [-0.25, -0.2) is 0 Å². The third-order valence-corrected chi connectivity index (χ3v) is 3.69. The average molecular weight is 284 g/mol. The van der Waals surface area contributed by atoms with Gasteiger partial charge in [-0.1, -0.05) is 23.7 Å². The van der Waals surface area contributed by atoms with Crippen molar-refractivity contribution >= 4 is 11.6 Å². The summed E-state index contributed by atoms with van der Waals surface area (Å²) in [5.74, 6) is 0.771. The van der Waals surface area contributed by atoms with Crippen LogP contribution >= 0.6 is 11.6 Å². The lowest BCUT2D eigenvalue weighted by Gasteiger charge is -2.15. The highest BCUT2D eigenvalue weighted by molar-refractivity contribution is 6.32. The number of hydrogen-bond acceptors (Lipinski definition) is 3. The Balaban J connectivity index is 1.58. The summed E-state index contributed by atoms with van der Waals surface area (Å²) in [6.07, 6.45) is 2.66. The molecule has 1 heterocycles. The first-order chi connectivity index (χ1) is 9.27. The molecule has 0 radical (unpaired) electrons. The van der Waals surface area contributed by atoms with Crippen LogP contribution in [0.3, 0.4) is 0 Å². The van der Waals surface area contributed by atoms with Crippen LogP contribution in [0.1, 0.15) is 18.4 Å². The minimum absolute atomic E-state index is 0.546. The van der Waals surface area contributed by atoms with Gasteiger partial charge in [0.15, 0.2) is 0 Å². The minimum atomic E-state index is 0.546. The molecule has 1 aromatic rings. The number of aryl methyl sites for hydroxylation is 1. The minimum Gasteiger partial charge on any atom is -0.489 e. The summed E-state index contributed by atoms with van der Waals surface area (Å²) in [6.45, 7) is 7.41.